The zero-order valence-corrected chi connectivity index (χ0v) is 13.4. The van der Waals surface area contributed by atoms with E-state index >= 15 is 0 Å². The highest BCUT2D eigenvalue weighted by Crippen LogP contribution is 2.21. The van der Waals surface area contributed by atoms with Gasteiger partial charge in [0.1, 0.15) is 16.3 Å². The van der Waals surface area contributed by atoms with Crippen LogP contribution in [0.3, 0.4) is 0 Å². The lowest BCUT2D eigenvalue weighted by Crippen LogP contribution is -2.24. The molecule has 120 valence electrons. The van der Waals surface area contributed by atoms with Crippen molar-refractivity contribution >= 4 is 10.0 Å². The minimum absolute atomic E-state index is 0.00771. The maximum absolute atomic E-state index is 12.3. The van der Waals surface area contributed by atoms with Crippen molar-refractivity contribution in [2.75, 3.05) is 0 Å². The Labute approximate surface area is 133 Å². The highest BCUT2D eigenvalue weighted by molar-refractivity contribution is 7.89. The molecule has 0 fully saturated rings. The number of rotatable bonds is 5. The van der Waals surface area contributed by atoms with Crippen LogP contribution in [0.4, 0.5) is 0 Å². The van der Waals surface area contributed by atoms with Crippen molar-refractivity contribution in [1.29, 1.82) is 0 Å². The Morgan fingerprint density at radius 2 is 1.83 bits per heavy atom. The maximum Gasteiger partial charge on any atom is 0.246 e. The predicted molar refractivity (Wildman–Crippen MR) is 81.9 cm³/mol. The van der Waals surface area contributed by atoms with E-state index in [2.05, 4.69) is 15.0 Å². The van der Waals surface area contributed by atoms with Crippen molar-refractivity contribution in [3.05, 3.63) is 53.6 Å². The molecule has 0 bridgehead atoms. The highest BCUT2D eigenvalue weighted by Gasteiger charge is 2.24. The number of aromatic nitrogens is 2. The Bertz CT molecular complexity index is 894. The van der Waals surface area contributed by atoms with Gasteiger partial charge in [-0.1, -0.05) is 40.6 Å². The third-order valence-corrected chi connectivity index (χ3v) is 4.95. The molecule has 2 heterocycles. The van der Waals surface area contributed by atoms with Gasteiger partial charge in [0.05, 0.1) is 6.54 Å². The van der Waals surface area contributed by atoms with Gasteiger partial charge in [0.2, 0.25) is 10.0 Å². The molecule has 0 saturated carbocycles. The molecule has 0 spiro atoms. The molecule has 0 amide bonds. The second-order valence-electron chi connectivity index (χ2n) is 5.02. The van der Waals surface area contributed by atoms with Gasteiger partial charge in [-0.2, -0.15) is 0 Å². The van der Waals surface area contributed by atoms with Gasteiger partial charge in [-0.25, -0.2) is 13.1 Å². The third kappa shape index (κ3) is 3.17. The number of sulfonamides is 1. The van der Waals surface area contributed by atoms with Gasteiger partial charge in [-0.05, 0) is 13.8 Å². The van der Waals surface area contributed by atoms with E-state index in [1.165, 1.54) is 0 Å². The van der Waals surface area contributed by atoms with Gasteiger partial charge in [0, 0.05) is 11.6 Å². The molecule has 2 aromatic heterocycles. The van der Waals surface area contributed by atoms with Crippen LogP contribution in [-0.4, -0.2) is 18.7 Å². The normalized spacial score (nSPS) is 11.7. The van der Waals surface area contributed by atoms with Crippen LogP contribution in [0.15, 0.2) is 50.3 Å². The van der Waals surface area contributed by atoms with Crippen molar-refractivity contribution in [3.8, 4) is 11.3 Å². The summed E-state index contributed by atoms with van der Waals surface area (Å²) < 4.78 is 37.2. The molecule has 0 radical (unpaired) electrons. The van der Waals surface area contributed by atoms with Gasteiger partial charge in [0.25, 0.3) is 0 Å². The summed E-state index contributed by atoms with van der Waals surface area (Å²) in [6, 6.07) is 11.2. The first kappa shape index (κ1) is 15.4. The summed E-state index contributed by atoms with van der Waals surface area (Å²) in [5.74, 6) is 0.664. The van der Waals surface area contributed by atoms with Gasteiger partial charge in [0.15, 0.2) is 11.5 Å². The Kier molecular flexibility index (Phi) is 4.01. The smallest absolute Gasteiger partial charge is 0.246 e. The van der Waals surface area contributed by atoms with E-state index in [4.69, 9.17) is 9.05 Å². The van der Waals surface area contributed by atoms with Crippen molar-refractivity contribution in [2.45, 2.75) is 25.3 Å². The van der Waals surface area contributed by atoms with Crippen LogP contribution in [-0.2, 0) is 16.6 Å². The predicted octanol–water partition coefficient (Wildman–Crippen LogP) is 2.42. The molecule has 0 atom stereocenters. The maximum atomic E-state index is 12.3. The van der Waals surface area contributed by atoms with Gasteiger partial charge in [-0.3, -0.25) is 0 Å². The number of aryl methyl sites for hydroxylation is 2. The Hall–Kier alpha value is -2.45. The van der Waals surface area contributed by atoms with Gasteiger partial charge in [-0.15, -0.1) is 0 Å². The molecule has 0 aliphatic carbocycles. The van der Waals surface area contributed by atoms with Crippen molar-refractivity contribution in [2.24, 2.45) is 0 Å². The van der Waals surface area contributed by atoms with E-state index in [1.807, 2.05) is 30.3 Å². The van der Waals surface area contributed by atoms with E-state index in [0.29, 0.717) is 17.1 Å². The Morgan fingerprint density at radius 3 is 2.48 bits per heavy atom. The number of nitrogens with zero attached hydrogens (tertiary/aromatic N) is 2. The van der Waals surface area contributed by atoms with Crippen LogP contribution >= 0.6 is 0 Å². The quantitative estimate of drug-likeness (QED) is 0.770. The highest BCUT2D eigenvalue weighted by atomic mass is 32.2. The number of benzene rings is 1. The fourth-order valence-electron chi connectivity index (χ4n) is 2.24. The lowest BCUT2D eigenvalue weighted by molar-refractivity contribution is 0.382. The summed E-state index contributed by atoms with van der Waals surface area (Å²) in [6.45, 7) is 3.12. The second kappa shape index (κ2) is 5.98. The summed E-state index contributed by atoms with van der Waals surface area (Å²) in [6.07, 6.45) is 0. The summed E-state index contributed by atoms with van der Waals surface area (Å²) in [7, 11) is -3.73. The lowest BCUT2D eigenvalue weighted by atomic mass is 10.1. The fourth-order valence-corrected chi connectivity index (χ4v) is 3.56. The molecule has 3 rings (SSSR count). The molecule has 0 aliphatic rings. The SMILES string of the molecule is Cc1noc(C)c1S(=O)(=O)NCc1cc(-c2ccccc2)no1. The third-order valence-electron chi connectivity index (χ3n) is 3.30. The summed E-state index contributed by atoms with van der Waals surface area (Å²) >= 11 is 0. The van der Waals surface area contributed by atoms with E-state index in [-0.39, 0.29) is 17.2 Å². The first-order valence-electron chi connectivity index (χ1n) is 6.91. The van der Waals surface area contributed by atoms with Crippen LogP contribution in [0.2, 0.25) is 0 Å². The lowest BCUT2D eigenvalue weighted by Gasteiger charge is -2.03. The first-order chi connectivity index (χ1) is 11.0. The molecule has 8 heteroatoms. The average Bonchev–Trinajstić information content (AvgIpc) is 3.13. The molecule has 1 N–H and O–H groups in total. The van der Waals surface area contributed by atoms with Crippen LogP contribution in [0.5, 0.6) is 0 Å². The van der Waals surface area contributed by atoms with Gasteiger partial charge >= 0.3 is 0 Å². The minimum atomic E-state index is -3.73. The number of hydrogen-bond acceptors (Lipinski definition) is 6. The summed E-state index contributed by atoms with van der Waals surface area (Å²) in [5.41, 5.74) is 1.87. The van der Waals surface area contributed by atoms with Crippen LogP contribution in [0, 0.1) is 13.8 Å². The van der Waals surface area contributed by atoms with Crippen molar-refractivity contribution in [1.82, 2.24) is 15.0 Å². The number of nitrogens with one attached hydrogen (secondary N) is 1. The average molecular weight is 333 g/mol. The van der Waals surface area contributed by atoms with E-state index in [0.717, 1.165) is 5.56 Å². The summed E-state index contributed by atoms with van der Waals surface area (Å²) in [5, 5.41) is 7.60. The largest absolute Gasteiger partial charge is 0.360 e. The van der Waals surface area contributed by atoms with Crippen molar-refractivity contribution in [3.63, 3.8) is 0 Å². The molecule has 3 aromatic rings. The zero-order valence-electron chi connectivity index (χ0n) is 12.6. The second-order valence-corrected chi connectivity index (χ2v) is 6.73. The number of hydrogen-bond donors (Lipinski definition) is 1. The minimum Gasteiger partial charge on any atom is -0.360 e. The molecular formula is C15H15N3O4S. The Balaban J connectivity index is 1.75. The molecular weight excluding hydrogens is 318 g/mol. The van der Waals surface area contributed by atoms with Crippen LogP contribution < -0.4 is 4.72 Å². The Morgan fingerprint density at radius 1 is 1.09 bits per heavy atom. The van der Waals surface area contributed by atoms with Gasteiger partial charge < -0.3 is 9.05 Å². The molecule has 7 nitrogen and oxygen atoms in total. The van der Waals surface area contributed by atoms with Crippen molar-refractivity contribution < 1.29 is 17.5 Å². The van der Waals surface area contributed by atoms with E-state index in [1.54, 1.807) is 19.9 Å². The molecule has 0 saturated heterocycles. The summed E-state index contributed by atoms with van der Waals surface area (Å²) in [4.78, 5) is 0.0558. The topological polar surface area (TPSA) is 98.2 Å². The molecule has 0 aliphatic heterocycles. The fraction of sp³-hybridized carbons (Fsp3) is 0.200. The molecule has 23 heavy (non-hydrogen) atoms. The van der Waals surface area contributed by atoms with E-state index in [9.17, 15) is 8.42 Å². The van der Waals surface area contributed by atoms with Crippen LogP contribution in [0.1, 0.15) is 17.2 Å². The van der Waals surface area contributed by atoms with Crippen LogP contribution in [0.25, 0.3) is 11.3 Å². The van der Waals surface area contributed by atoms with E-state index < -0.39 is 10.0 Å². The first-order valence-corrected chi connectivity index (χ1v) is 8.39. The zero-order chi connectivity index (χ0) is 16.4. The molecule has 0 unspecified atom stereocenters. The standard InChI is InChI=1S/C15H15N3O4S/c1-10-15(11(2)21-17-10)23(19,20)16-9-13-8-14(18-22-13)12-6-4-3-5-7-12/h3-8,16H,9H2,1-2H3. The molecule has 1 aromatic carbocycles. The monoisotopic (exact) mass is 333 g/mol.